The summed E-state index contributed by atoms with van der Waals surface area (Å²) < 4.78 is 33.1. The van der Waals surface area contributed by atoms with E-state index in [1.807, 2.05) is 11.5 Å². The Morgan fingerprint density at radius 2 is 1.92 bits per heavy atom. The number of hydrogen-bond donors (Lipinski definition) is 1. The van der Waals surface area contributed by atoms with E-state index in [4.69, 9.17) is 4.74 Å². The van der Waals surface area contributed by atoms with Crippen molar-refractivity contribution < 1.29 is 18.3 Å². The standard InChI is InChI=1S/C18H21N3O4S/c1-5-21-15-8-7-13(26(23,24)20(2)3)11-14(15)19-18(21)12-6-9-16(22)17(10-12)25-4/h6-11,22H,5H2,1-4H3. The van der Waals surface area contributed by atoms with Crippen molar-refractivity contribution in [3.05, 3.63) is 36.4 Å². The molecule has 26 heavy (non-hydrogen) atoms. The van der Waals surface area contributed by atoms with Crippen molar-refractivity contribution in [1.29, 1.82) is 0 Å². The molecule has 0 atom stereocenters. The minimum atomic E-state index is -3.53. The molecule has 0 saturated carbocycles. The highest BCUT2D eigenvalue weighted by molar-refractivity contribution is 7.89. The van der Waals surface area contributed by atoms with Gasteiger partial charge in [0.2, 0.25) is 10.0 Å². The molecule has 0 unspecified atom stereocenters. The lowest BCUT2D eigenvalue weighted by atomic mass is 10.2. The summed E-state index contributed by atoms with van der Waals surface area (Å²) in [7, 11) is 0.954. The molecule has 0 amide bonds. The first-order valence-corrected chi connectivity index (χ1v) is 9.53. The largest absolute Gasteiger partial charge is 0.504 e. The van der Waals surface area contributed by atoms with Crippen LogP contribution in [-0.2, 0) is 16.6 Å². The van der Waals surface area contributed by atoms with Gasteiger partial charge in [-0.25, -0.2) is 17.7 Å². The van der Waals surface area contributed by atoms with Gasteiger partial charge in [0.05, 0.1) is 23.0 Å². The Labute approximate surface area is 152 Å². The summed E-state index contributed by atoms with van der Waals surface area (Å²) in [6.45, 7) is 2.65. The van der Waals surface area contributed by atoms with E-state index in [-0.39, 0.29) is 10.6 Å². The van der Waals surface area contributed by atoms with E-state index < -0.39 is 10.0 Å². The molecule has 0 aliphatic heterocycles. The van der Waals surface area contributed by atoms with Crippen LogP contribution in [0.5, 0.6) is 11.5 Å². The highest BCUT2D eigenvalue weighted by Gasteiger charge is 2.20. The molecule has 3 aromatic rings. The van der Waals surface area contributed by atoms with Crippen LogP contribution >= 0.6 is 0 Å². The van der Waals surface area contributed by atoms with Crippen molar-refractivity contribution in [1.82, 2.24) is 13.9 Å². The van der Waals surface area contributed by atoms with Gasteiger partial charge < -0.3 is 14.4 Å². The number of sulfonamides is 1. The SMILES string of the molecule is CCn1c(-c2ccc(O)c(OC)c2)nc2cc(S(=O)(=O)N(C)C)ccc21. The average molecular weight is 375 g/mol. The normalized spacial score (nSPS) is 12.0. The molecular formula is C18H21N3O4S. The maximum absolute atomic E-state index is 12.4. The first kappa shape index (κ1) is 18.2. The van der Waals surface area contributed by atoms with Crippen LogP contribution in [0.3, 0.4) is 0 Å². The first-order valence-electron chi connectivity index (χ1n) is 8.09. The number of phenolic OH excluding ortho intramolecular Hbond substituents is 1. The molecule has 0 spiro atoms. The van der Waals surface area contributed by atoms with E-state index in [9.17, 15) is 13.5 Å². The number of phenols is 1. The number of aromatic nitrogens is 2. The van der Waals surface area contributed by atoms with Gasteiger partial charge >= 0.3 is 0 Å². The lowest BCUT2D eigenvalue weighted by Crippen LogP contribution is -2.22. The molecule has 138 valence electrons. The summed E-state index contributed by atoms with van der Waals surface area (Å²) in [6, 6.07) is 9.95. The third kappa shape index (κ3) is 2.91. The van der Waals surface area contributed by atoms with Crippen molar-refractivity contribution in [3.8, 4) is 22.9 Å². The molecule has 8 heteroatoms. The minimum Gasteiger partial charge on any atom is -0.504 e. The number of benzene rings is 2. The highest BCUT2D eigenvalue weighted by Crippen LogP contribution is 2.33. The van der Waals surface area contributed by atoms with Gasteiger partial charge in [0.25, 0.3) is 0 Å². The second kappa shape index (κ2) is 6.62. The number of hydrogen-bond acceptors (Lipinski definition) is 5. The zero-order chi connectivity index (χ0) is 19.1. The second-order valence-corrected chi connectivity index (χ2v) is 8.16. The quantitative estimate of drug-likeness (QED) is 0.741. The molecule has 0 radical (unpaired) electrons. The van der Waals surface area contributed by atoms with Crippen LogP contribution in [0.4, 0.5) is 0 Å². The number of methoxy groups -OCH3 is 1. The van der Waals surface area contributed by atoms with Gasteiger partial charge in [0.1, 0.15) is 5.82 Å². The summed E-state index contributed by atoms with van der Waals surface area (Å²) in [5.41, 5.74) is 2.21. The summed E-state index contributed by atoms with van der Waals surface area (Å²) in [6.07, 6.45) is 0. The summed E-state index contributed by atoms with van der Waals surface area (Å²) in [5.74, 6) is 1.09. The van der Waals surface area contributed by atoms with E-state index in [0.29, 0.717) is 23.6 Å². The fraction of sp³-hybridized carbons (Fsp3) is 0.278. The third-order valence-corrected chi connectivity index (χ3v) is 6.06. The zero-order valence-corrected chi connectivity index (χ0v) is 15.9. The molecule has 7 nitrogen and oxygen atoms in total. The lowest BCUT2D eigenvalue weighted by molar-refractivity contribution is 0.373. The van der Waals surface area contributed by atoms with Crippen molar-refractivity contribution in [2.75, 3.05) is 21.2 Å². The number of ether oxygens (including phenoxy) is 1. The number of nitrogens with zero attached hydrogens (tertiary/aromatic N) is 3. The molecule has 1 N–H and O–H groups in total. The zero-order valence-electron chi connectivity index (χ0n) is 15.1. The summed E-state index contributed by atoms with van der Waals surface area (Å²) >= 11 is 0. The Morgan fingerprint density at radius 1 is 1.19 bits per heavy atom. The maximum atomic E-state index is 12.4. The van der Waals surface area contributed by atoms with E-state index >= 15 is 0 Å². The van der Waals surface area contributed by atoms with Gasteiger partial charge in [-0.1, -0.05) is 0 Å². The van der Waals surface area contributed by atoms with Gasteiger partial charge in [0.15, 0.2) is 11.5 Å². The van der Waals surface area contributed by atoms with Crippen molar-refractivity contribution in [2.45, 2.75) is 18.4 Å². The summed E-state index contributed by atoms with van der Waals surface area (Å²) in [4.78, 5) is 4.83. The molecular weight excluding hydrogens is 354 g/mol. The minimum absolute atomic E-state index is 0.0507. The average Bonchev–Trinajstić information content (AvgIpc) is 2.99. The molecule has 3 rings (SSSR count). The van der Waals surface area contributed by atoms with E-state index in [2.05, 4.69) is 4.98 Å². The van der Waals surface area contributed by atoms with Gasteiger partial charge in [-0.05, 0) is 43.3 Å². The van der Waals surface area contributed by atoms with Crippen LogP contribution < -0.4 is 4.74 Å². The maximum Gasteiger partial charge on any atom is 0.242 e. The third-order valence-electron chi connectivity index (χ3n) is 4.25. The molecule has 0 aliphatic rings. The lowest BCUT2D eigenvalue weighted by Gasteiger charge is -2.11. The number of fused-ring (bicyclic) bond motifs is 1. The molecule has 1 heterocycles. The van der Waals surface area contributed by atoms with Crippen LogP contribution in [0.25, 0.3) is 22.4 Å². The summed E-state index contributed by atoms with van der Waals surface area (Å²) in [5, 5.41) is 9.80. The van der Waals surface area contributed by atoms with E-state index in [0.717, 1.165) is 11.1 Å². The predicted octanol–water partition coefficient (Wildman–Crippen LogP) is 2.69. The first-order chi connectivity index (χ1) is 12.3. The highest BCUT2D eigenvalue weighted by atomic mass is 32.2. The molecule has 1 aromatic heterocycles. The second-order valence-electron chi connectivity index (χ2n) is 6.00. The van der Waals surface area contributed by atoms with E-state index in [1.54, 1.807) is 36.4 Å². The molecule has 0 aliphatic carbocycles. The topological polar surface area (TPSA) is 84.7 Å². The monoisotopic (exact) mass is 375 g/mol. The Bertz CT molecular complexity index is 1070. The van der Waals surface area contributed by atoms with E-state index in [1.165, 1.54) is 25.5 Å². The van der Waals surface area contributed by atoms with Crippen LogP contribution in [0, 0.1) is 0 Å². The Kier molecular flexibility index (Phi) is 4.64. The van der Waals surface area contributed by atoms with Crippen molar-refractivity contribution in [3.63, 3.8) is 0 Å². The number of rotatable bonds is 5. The Balaban J connectivity index is 2.21. The van der Waals surface area contributed by atoms with Crippen molar-refractivity contribution in [2.24, 2.45) is 0 Å². The Hall–Kier alpha value is -2.58. The number of aromatic hydroxyl groups is 1. The van der Waals surface area contributed by atoms with Crippen molar-refractivity contribution >= 4 is 21.1 Å². The smallest absolute Gasteiger partial charge is 0.242 e. The Morgan fingerprint density at radius 3 is 2.54 bits per heavy atom. The van der Waals surface area contributed by atoms with Gasteiger partial charge in [-0.2, -0.15) is 0 Å². The fourth-order valence-corrected chi connectivity index (χ4v) is 3.76. The number of aryl methyl sites for hydroxylation is 1. The van der Waals surface area contributed by atoms with Gasteiger partial charge in [-0.15, -0.1) is 0 Å². The van der Waals surface area contributed by atoms with Gasteiger partial charge in [-0.3, -0.25) is 0 Å². The molecule has 0 saturated heterocycles. The predicted molar refractivity (Wildman–Crippen MR) is 99.9 cm³/mol. The fourth-order valence-electron chi connectivity index (χ4n) is 2.84. The molecule has 2 aromatic carbocycles. The van der Waals surface area contributed by atoms with Gasteiger partial charge in [0, 0.05) is 26.2 Å². The van der Waals surface area contributed by atoms with Crippen LogP contribution in [0.1, 0.15) is 6.92 Å². The molecule has 0 fully saturated rings. The van der Waals surface area contributed by atoms with Crippen LogP contribution in [0.15, 0.2) is 41.3 Å². The van der Waals surface area contributed by atoms with Crippen LogP contribution in [0.2, 0.25) is 0 Å². The molecule has 0 bridgehead atoms. The number of imidazole rings is 1. The van der Waals surface area contributed by atoms with Crippen LogP contribution in [-0.4, -0.2) is 48.6 Å².